The molecular weight excluding hydrogens is 200 g/mol. The van der Waals surface area contributed by atoms with Gasteiger partial charge in [-0.1, -0.05) is 6.92 Å². The van der Waals surface area contributed by atoms with E-state index in [0.717, 1.165) is 12.8 Å². The molecule has 0 atom stereocenters. The maximum absolute atomic E-state index is 11.8. The van der Waals surface area contributed by atoms with E-state index in [1.165, 1.54) is 0 Å². The Morgan fingerprint density at radius 2 is 1.86 bits per heavy atom. The number of hydrogen-bond donors (Lipinski definition) is 1. The van der Waals surface area contributed by atoms with Crippen molar-refractivity contribution in [2.45, 2.75) is 38.9 Å². The van der Waals surface area contributed by atoms with Crippen molar-refractivity contribution in [3.05, 3.63) is 0 Å². The highest BCUT2D eigenvalue weighted by molar-refractivity contribution is 7.89. The predicted octanol–water partition coefficient (Wildman–Crippen LogP) is 0.785. The van der Waals surface area contributed by atoms with Crippen molar-refractivity contribution >= 4 is 10.0 Å². The van der Waals surface area contributed by atoms with Gasteiger partial charge in [0.25, 0.3) is 0 Å². The summed E-state index contributed by atoms with van der Waals surface area (Å²) < 4.78 is 25.2. The highest BCUT2D eigenvalue weighted by atomic mass is 32.2. The fourth-order valence-corrected chi connectivity index (χ4v) is 2.60. The molecule has 4 nitrogen and oxygen atoms in total. The maximum Gasteiger partial charge on any atom is 0.216 e. The molecule has 0 fully saturated rings. The highest BCUT2D eigenvalue weighted by Gasteiger charge is 2.23. The Hall–Kier alpha value is -0.130. The zero-order chi connectivity index (χ0) is 11.2. The molecule has 0 unspecified atom stereocenters. The molecule has 0 heterocycles. The quantitative estimate of drug-likeness (QED) is 0.692. The summed E-state index contributed by atoms with van der Waals surface area (Å²) in [6.45, 7) is 7.07. The van der Waals surface area contributed by atoms with E-state index < -0.39 is 10.0 Å². The van der Waals surface area contributed by atoms with Crippen LogP contribution < -0.4 is 5.73 Å². The van der Waals surface area contributed by atoms with Crippen LogP contribution in [-0.4, -0.2) is 37.6 Å². The molecule has 0 saturated carbocycles. The molecule has 0 aromatic rings. The third-order valence-electron chi connectivity index (χ3n) is 2.04. The lowest BCUT2D eigenvalue weighted by atomic mass is 10.4. The SMILES string of the molecule is CCCN(CCCN)S(=O)(=O)C(C)C. The van der Waals surface area contributed by atoms with Gasteiger partial charge in [-0.25, -0.2) is 12.7 Å². The van der Waals surface area contributed by atoms with Gasteiger partial charge in [0.05, 0.1) is 5.25 Å². The van der Waals surface area contributed by atoms with E-state index in [1.807, 2.05) is 6.92 Å². The van der Waals surface area contributed by atoms with Gasteiger partial charge in [0.2, 0.25) is 10.0 Å². The van der Waals surface area contributed by atoms with Gasteiger partial charge in [0.15, 0.2) is 0 Å². The molecule has 0 amide bonds. The fourth-order valence-electron chi connectivity index (χ4n) is 1.18. The van der Waals surface area contributed by atoms with Crippen molar-refractivity contribution in [2.75, 3.05) is 19.6 Å². The van der Waals surface area contributed by atoms with Gasteiger partial charge in [0, 0.05) is 13.1 Å². The summed E-state index contributed by atoms with van der Waals surface area (Å²) in [6.07, 6.45) is 1.57. The van der Waals surface area contributed by atoms with E-state index in [1.54, 1.807) is 18.2 Å². The highest BCUT2D eigenvalue weighted by Crippen LogP contribution is 2.09. The topological polar surface area (TPSA) is 63.4 Å². The van der Waals surface area contributed by atoms with Crippen LogP contribution in [0.3, 0.4) is 0 Å². The Morgan fingerprint density at radius 3 is 2.21 bits per heavy atom. The molecular formula is C9H22N2O2S. The molecule has 0 aliphatic carbocycles. The Kier molecular flexibility index (Phi) is 6.31. The minimum absolute atomic E-state index is 0.341. The minimum Gasteiger partial charge on any atom is -0.330 e. The van der Waals surface area contributed by atoms with E-state index in [2.05, 4.69) is 0 Å². The predicted molar refractivity (Wildman–Crippen MR) is 59.6 cm³/mol. The molecule has 0 aliphatic heterocycles. The van der Waals surface area contributed by atoms with Crippen molar-refractivity contribution in [3.63, 3.8) is 0 Å². The van der Waals surface area contributed by atoms with Crippen LogP contribution in [0.2, 0.25) is 0 Å². The van der Waals surface area contributed by atoms with Gasteiger partial charge in [-0.05, 0) is 33.2 Å². The number of hydrogen-bond acceptors (Lipinski definition) is 3. The van der Waals surface area contributed by atoms with Gasteiger partial charge < -0.3 is 5.73 Å². The first kappa shape index (κ1) is 13.9. The average molecular weight is 222 g/mol. The third-order valence-corrected chi connectivity index (χ3v) is 4.32. The summed E-state index contributed by atoms with van der Waals surface area (Å²) in [5, 5.41) is -0.341. The second-order valence-corrected chi connectivity index (χ2v) is 6.12. The Bertz CT molecular complexity index is 237. The summed E-state index contributed by atoms with van der Waals surface area (Å²) in [7, 11) is -3.10. The van der Waals surface area contributed by atoms with Gasteiger partial charge in [0.1, 0.15) is 0 Å². The lowest BCUT2D eigenvalue weighted by Crippen LogP contribution is -2.38. The lowest BCUT2D eigenvalue weighted by molar-refractivity contribution is 0.401. The van der Waals surface area contributed by atoms with E-state index in [4.69, 9.17) is 5.73 Å². The zero-order valence-electron chi connectivity index (χ0n) is 9.36. The van der Waals surface area contributed by atoms with E-state index >= 15 is 0 Å². The van der Waals surface area contributed by atoms with Crippen LogP contribution in [0.15, 0.2) is 0 Å². The Labute approximate surface area is 87.5 Å². The molecule has 0 radical (unpaired) electrons. The molecule has 5 heteroatoms. The summed E-state index contributed by atoms with van der Waals surface area (Å²) in [6, 6.07) is 0. The normalized spacial score (nSPS) is 12.7. The number of nitrogens with two attached hydrogens (primary N) is 1. The molecule has 0 bridgehead atoms. The monoisotopic (exact) mass is 222 g/mol. The van der Waals surface area contributed by atoms with Gasteiger partial charge in [-0.15, -0.1) is 0 Å². The van der Waals surface area contributed by atoms with Crippen molar-refractivity contribution < 1.29 is 8.42 Å². The molecule has 86 valence electrons. The Morgan fingerprint density at radius 1 is 1.29 bits per heavy atom. The van der Waals surface area contributed by atoms with Crippen molar-refractivity contribution in [3.8, 4) is 0 Å². The minimum atomic E-state index is -3.10. The van der Waals surface area contributed by atoms with Crippen LogP contribution in [0.25, 0.3) is 0 Å². The van der Waals surface area contributed by atoms with Crippen LogP contribution in [0, 0.1) is 0 Å². The smallest absolute Gasteiger partial charge is 0.216 e. The first-order valence-electron chi connectivity index (χ1n) is 5.15. The first-order valence-corrected chi connectivity index (χ1v) is 6.66. The molecule has 0 spiro atoms. The van der Waals surface area contributed by atoms with Crippen LogP contribution in [0.1, 0.15) is 33.6 Å². The average Bonchev–Trinajstić information content (AvgIpc) is 2.11. The Balaban J connectivity index is 4.47. The van der Waals surface area contributed by atoms with Gasteiger partial charge in [-0.3, -0.25) is 0 Å². The maximum atomic E-state index is 11.8. The van der Waals surface area contributed by atoms with Gasteiger partial charge >= 0.3 is 0 Å². The van der Waals surface area contributed by atoms with Crippen LogP contribution >= 0.6 is 0 Å². The second-order valence-electron chi connectivity index (χ2n) is 3.63. The number of nitrogens with zero attached hydrogens (tertiary/aromatic N) is 1. The van der Waals surface area contributed by atoms with Crippen LogP contribution in [0.4, 0.5) is 0 Å². The van der Waals surface area contributed by atoms with Crippen LogP contribution in [0.5, 0.6) is 0 Å². The number of rotatable bonds is 7. The molecule has 0 saturated heterocycles. The fraction of sp³-hybridized carbons (Fsp3) is 1.00. The first-order chi connectivity index (χ1) is 6.46. The standard InChI is InChI=1S/C9H22N2O2S/c1-4-7-11(8-5-6-10)14(12,13)9(2)3/h9H,4-8,10H2,1-3H3. The molecule has 2 N–H and O–H groups in total. The third kappa shape index (κ3) is 3.94. The molecule has 14 heavy (non-hydrogen) atoms. The van der Waals surface area contributed by atoms with Crippen LogP contribution in [-0.2, 0) is 10.0 Å². The van der Waals surface area contributed by atoms with Gasteiger partial charge in [-0.2, -0.15) is 0 Å². The lowest BCUT2D eigenvalue weighted by Gasteiger charge is -2.23. The summed E-state index contributed by atoms with van der Waals surface area (Å²) >= 11 is 0. The van der Waals surface area contributed by atoms with Crippen molar-refractivity contribution in [2.24, 2.45) is 5.73 Å². The second kappa shape index (κ2) is 6.37. The largest absolute Gasteiger partial charge is 0.330 e. The summed E-state index contributed by atoms with van der Waals surface area (Å²) in [5.41, 5.74) is 5.37. The van der Waals surface area contributed by atoms with E-state index in [9.17, 15) is 8.42 Å². The zero-order valence-corrected chi connectivity index (χ0v) is 10.2. The number of sulfonamides is 1. The van der Waals surface area contributed by atoms with Crippen molar-refractivity contribution in [1.29, 1.82) is 0 Å². The molecule has 0 rings (SSSR count). The van der Waals surface area contributed by atoms with Crippen molar-refractivity contribution in [1.82, 2.24) is 4.31 Å². The summed E-state index contributed by atoms with van der Waals surface area (Å²) in [5.74, 6) is 0. The molecule has 0 aromatic heterocycles. The molecule has 0 aliphatic rings. The van der Waals surface area contributed by atoms with E-state index in [-0.39, 0.29) is 5.25 Å². The summed E-state index contributed by atoms with van der Waals surface area (Å²) in [4.78, 5) is 0. The van der Waals surface area contributed by atoms with E-state index in [0.29, 0.717) is 19.6 Å². The molecule has 0 aromatic carbocycles.